The molecule has 3 heterocycles. The van der Waals surface area contributed by atoms with Gasteiger partial charge in [0.1, 0.15) is 5.75 Å². The third-order valence-electron chi connectivity index (χ3n) is 6.76. The molecule has 0 aliphatic carbocycles. The van der Waals surface area contributed by atoms with E-state index in [-0.39, 0.29) is 24.2 Å². The Bertz CT molecular complexity index is 1230. The van der Waals surface area contributed by atoms with E-state index in [0.717, 1.165) is 49.3 Å². The van der Waals surface area contributed by atoms with Crippen LogP contribution in [0.3, 0.4) is 0 Å². The third-order valence-corrected chi connectivity index (χ3v) is 6.76. The smallest absolute Gasteiger partial charge is 0.317 e. The molecule has 2 aromatic carbocycles. The van der Waals surface area contributed by atoms with Crippen molar-refractivity contribution in [2.45, 2.75) is 39.3 Å². The molecule has 0 saturated carbocycles. The van der Waals surface area contributed by atoms with Crippen molar-refractivity contribution >= 4 is 12.0 Å². The zero-order valence-corrected chi connectivity index (χ0v) is 20.2. The minimum absolute atomic E-state index is 0.138. The molecule has 1 aromatic heterocycles. The summed E-state index contributed by atoms with van der Waals surface area (Å²) in [6.45, 7) is 5.11. The second kappa shape index (κ2) is 10.5. The van der Waals surface area contributed by atoms with Gasteiger partial charge in [-0.2, -0.15) is 4.98 Å². The normalized spacial score (nSPS) is 16.0. The van der Waals surface area contributed by atoms with Crippen LogP contribution < -0.4 is 15.0 Å². The van der Waals surface area contributed by atoms with Crippen LogP contribution in [0.4, 0.5) is 19.5 Å². The number of anilines is 1. The average molecular weight is 494 g/mol. The molecule has 3 aromatic rings. The molecule has 2 amide bonds. The van der Waals surface area contributed by atoms with Crippen LogP contribution in [0.5, 0.6) is 11.6 Å². The molecule has 1 saturated heterocycles. The number of piperidine rings is 1. The van der Waals surface area contributed by atoms with Crippen LogP contribution in [-0.2, 0) is 19.5 Å². The van der Waals surface area contributed by atoms with Gasteiger partial charge in [-0.05, 0) is 36.5 Å². The van der Waals surface area contributed by atoms with Crippen molar-refractivity contribution < 1.29 is 18.3 Å². The van der Waals surface area contributed by atoms with Gasteiger partial charge in [-0.25, -0.2) is 18.6 Å². The molecule has 7 nitrogen and oxygen atoms in total. The van der Waals surface area contributed by atoms with Gasteiger partial charge in [-0.15, -0.1) is 0 Å². The number of urea groups is 1. The number of carbonyl (C=O) groups is 1. The predicted octanol–water partition coefficient (Wildman–Crippen LogP) is 5.05. The molecule has 2 aliphatic rings. The summed E-state index contributed by atoms with van der Waals surface area (Å²) in [6, 6.07) is 12.9. The third kappa shape index (κ3) is 5.40. The summed E-state index contributed by atoms with van der Waals surface area (Å²) < 4.78 is 33.3. The van der Waals surface area contributed by atoms with Crippen LogP contribution >= 0.6 is 0 Å². The van der Waals surface area contributed by atoms with E-state index in [1.807, 2.05) is 30.3 Å². The number of aromatic nitrogens is 2. The van der Waals surface area contributed by atoms with Gasteiger partial charge in [0.05, 0.1) is 17.8 Å². The lowest BCUT2D eigenvalue weighted by molar-refractivity contribution is 0.190. The first kappa shape index (κ1) is 24.0. The van der Waals surface area contributed by atoms with Crippen molar-refractivity contribution in [2.24, 2.45) is 5.92 Å². The van der Waals surface area contributed by atoms with Crippen molar-refractivity contribution in [3.05, 3.63) is 77.0 Å². The largest absolute Gasteiger partial charge is 0.438 e. The van der Waals surface area contributed by atoms with Crippen molar-refractivity contribution in [3.63, 3.8) is 0 Å². The lowest BCUT2D eigenvalue weighted by Crippen LogP contribution is -2.43. The molecule has 188 valence electrons. The van der Waals surface area contributed by atoms with Crippen LogP contribution in [0.15, 0.2) is 48.5 Å². The molecule has 2 aliphatic heterocycles. The molecule has 9 heteroatoms. The predicted molar refractivity (Wildman–Crippen MR) is 132 cm³/mol. The maximum absolute atomic E-state index is 13.9. The van der Waals surface area contributed by atoms with Gasteiger partial charge in [0.15, 0.2) is 11.6 Å². The van der Waals surface area contributed by atoms with Crippen LogP contribution in [0.2, 0.25) is 0 Å². The van der Waals surface area contributed by atoms with Crippen LogP contribution in [0.25, 0.3) is 0 Å². The molecule has 0 unspecified atom stereocenters. The number of nitrogens with zero attached hydrogens (tertiary/aromatic N) is 4. The van der Waals surface area contributed by atoms with Gasteiger partial charge < -0.3 is 19.9 Å². The Kier molecular flexibility index (Phi) is 6.97. The second-order valence-electron chi connectivity index (χ2n) is 9.42. The SMILES string of the molecule is CC1CCN(c2nc3c(c(Oc4ccc(F)c(F)c4)n2)CN(C(=O)NCc2ccccc2)CC3)CC1. The van der Waals surface area contributed by atoms with Crippen molar-refractivity contribution in [2.75, 3.05) is 24.5 Å². The minimum atomic E-state index is -0.998. The van der Waals surface area contributed by atoms with Crippen molar-refractivity contribution in [1.29, 1.82) is 0 Å². The summed E-state index contributed by atoms with van der Waals surface area (Å²) in [5.74, 6) is -0.321. The highest BCUT2D eigenvalue weighted by atomic mass is 19.2. The Balaban J connectivity index is 1.39. The van der Waals surface area contributed by atoms with Gasteiger partial charge in [0, 0.05) is 38.7 Å². The van der Waals surface area contributed by atoms with E-state index in [1.165, 1.54) is 6.07 Å². The molecule has 5 rings (SSSR count). The molecular formula is C27H29F2N5O2. The molecule has 1 N–H and O–H groups in total. The number of hydrogen-bond acceptors (Lipinski definition) is 5. The molecule has 0 bridgehead atoms. The first-order chi connectivity index (χ1) is 17.5. The Morgan fingerprint density at radius 3 is 2.58 bits per heavy atom. The number of halogens is 2. The molecule has 36 heavy (non-hydrogen) atoms. The molecule has 1 fully saturated rings. The van der Waals surface area contributed by atoms with Gasteiger partial charge in [0.2, 0.25) is 11.8 Å². The summed E-state index contributed by atoms with van der Waals surface area (Å²) in [6.07, 6.45) is 2.65. The Morgan fingerprint density at radius 1 is 1.06 bits per heavy atom. The average Bonchev–Trinajstić information content (AvgIpc) is 2.90. The lowest BCUT2D eigenvalue weighted by Gasteiger charge is -2.33. The highest BCUT2D eigenvalue weighted by Gasteiger charge is 2.28. The summed E-state index contributed by atoms with van der Waals surface area (Å²) in [5.41, 5.74) is 2.49. The number of hydrogen-bond donors (Lipinski definition) is 1. The Hall–Kier alpha value is -3.75. The topological polar surface area (TPSA) is 70.6 Å². The van der Waals surface area contributed by atoms with Gasteiger partial charge in [-0.1, -0.05) is 37.3 Å². The number of rotatable bonds is 5. The van der Waals surface area contributed by atoms with E-state index < -0.39 is 11.6 Å². The first-order valence-electron chi connectivity index (χ1n) is 12.3. The molecule has 0 spiro atoms. The number of carbonyl (C=O) groups excluding carboxylic acids is 1. The fraction of sp³-hybridized carbons (Fsp3) is 0.370. The highest BCUT2D eigenvalue weighted by Crippen LogP contribution is 2.33. The quantitative estimate of drug-likeness (QED) is 0.539. The molecular weight excluding hydrogens is 464 g/mol. The number of nitrogens with one attached hydrogen (secondary N) is 1. The lowest BCUT2D eigenvalue weighted by atomic mass is 9.99. The van der Waals surface area contributed by atoms with E-state index in [4.69, 9.17) is 9.72 Å². The van der Waals surface area contributed by atoms with Crippen molar-refractivity contribution in [1.82, 2.24) is 20.2 Å². The minimum Gasteiger partial charge on any atom is -0.438 e. The second-order valence-corrected chi connectivity index (χ2v) is 9.42. The van der Waals surface area contributed by atoms with E-state index in [0.29, 0.717) is 36.9 Å². The van der Waals surface area contributed by atoms with Crippen molar-refractivity contribution in [3.8, 4) is 11.6 Å². The van der Waals surface area contributed by atoms with E-state index in [2.05, 4.69) is 22.1 Å². The first-order valence-corrected chi connectivity index (χ1v) is 12.3. The van der Waals surface area contributed by atoms with E-state index in [9.17, 15) is 13.6 Å². The highest BCUT2D eigenvalue weighted by molar-refractivity contribution is 5.74. The fourth-order valence-corrected chi connectivity index (χ4v) is 4.52. The standard InChI is InChI=1S/C27H29F2N5O2/c1-18-9-12-33(13-10-18)26-31-24-11-14-34(27(35)30-16-19-5-3-2-4-6-19)17-21(24)25(32-26)36-20-7-8-22(28)23(29)15-20/h2-8,15,18H,9-14,16-17H2,1H3,(H,30,35). The maximum atomic E-state index is 13.9. The molecule has 0 atom stereocenters. The number of ether oxygens (including phenoxy) is 1. The Labute approximate surface area is 209 Å². The zero-order valence-electron chi connectivity index (χ0n) is 20.2. The zero-order chi connectivity index (χ0) is 25.1. The number of fused-ring (bicyclic) bond motifs is 1. The Morgan fingerprint density at radius 2 is 1.83 bits per heavy atom. The van der Waals surface area contributed by atoms with Gasteiger partial charge in [0.25, 0.3) is 0 Å². The van der Waals surface area contributed by atoms with Crippen LogP contribution in [-0.4, -0.2) is 40.5 Å². The molecule has 0 radical (unpaired) electrons. The van der Waals surface area contributed by atoms with E-state index in [1.54, 1.807) is 4.90 Å². The maximum Gasteiger partial charge on any atom is 0.317 e. The van der Waals surface area contributed by atoms with E-state index >= 15 is 0 Å². The summed E-state index contributed by atoms with van der Waals surface area (Å²) in [5, 5.41) is 2.96. The van der Waals surface area contributed by atoms with Crippen LogP contribution in [0, 0.1) is 17.6 Å². The summed E-state index contributed by atoms with van der Waals surface area (Å²) >= 11 is 0. The number of benzene rings is 2. The number of amides is 2. The summed E-state index contributed by atoms with van der Waals surface area (Å²) in [7, 11) is 0. The summed E-state index contributed by atoms with van der Waals surface area (Å²) in [4.78, 5) is 26.3. The van der Waals surface area contributed by atoms with Crippen LogP contribution in [0.1, 0.15) is 36.6 Å². The monoisotopic (exact) mass is 493 g/mol. The van der Waals surface area contributed by atoms with Gasteiger partial charge >= 0.3 is 6.03 Å². The van der Waals surface area contributed by atoms with Gasteiger partial charge in [-0.3, -0.25) is 0 Å². The fourth-order valence-electron chi connectivity index (χ4n) is 4.52.